The van der Waals surface area contributed by atoms with Gasteiger partial charge in [0.1, 0.15) is 18.5 Å². The highest BCUT2D eigenvalue weighted by atomic mass is 35.6. The average Bonchev–Trinajstić information content (AvgIpc) is 2.59. The molecule has 0 aliphatic carbocycles. The lowest BCUT2D eigenvalue weighted by Gasteiger charge is -2.31. The van der Waals surface area contributed by atoms with Crippen molar-refractivity contribution >= 4 is 51.7 Å². The number of hydrogen-bond acceptors (Lipinski definition) is 3. The van der Waals surface area contributed by atoms with Crippen LogP contribution in [0, 0.1) is 0 Å². The Bertz CT molecular complexity index is 740. The number of nitrogens with zero attached hydrogens (tertiary/aromatic N) is 1. The fraction of sp³-hybridized carbons (Fsp3) is 0.389. The van der Waals surface area contributed by atoms with Gasteiger partial charge in [0.05, 0.1) is 0 Å². The first-order valence-corrected chi connectivity index (χ1v) is 9.18. The van der Waals surface area contributed by atoms with E-state index in [2.05, 4.69) is 12.1 Å². The number of rotatable bonds is 3. The number of hydrogen-bond donors (Lipinski definition) is 0. The molecule has 0 unspecified atom stereocenters. The maximum absolute atomic E-state index is 11.9. The molecule has 2 aromatic rings. The molecule has 1 aliphatic rings. The zero-order valence-corrected chi connectivity index (χ0v) is 15.7. The van der Waals surface area contributed by atoms with E-state index < -0.39 is 9.89 Å². The maximum Gasteiger partial charge on any atom is 0.409 e. The zero-order chi connectivity index (χ0) is 17.9. The fourth-order valence-electron chi connectivity index (χ4n) is 2.82. The predicted molar refractivity (Wildman–Crippen MR) is 101 cm³/mol. The molecule has 134 valence electrons. The summed E-state index contributed by atoms with van der Waals surface area (Å²) < 4.78 is 9.47. The lowest BCUT2D eigenvalue weighted by atomic mass is 10.1. The van der Waals surface area contributed by atoms with Crippen LogP contribution in [0.1, 0.15) is 12.8 Å². The summed E-state index contributed by atoms with van der Waals surface area (Å²) in [5.74, 6) is 0.843. The molecule has 0 N–H and O–H groups in total. The number of piperidine rings is 1. The topological polar surface area (TPSA) is 38.8 Å². The lowest BCUT2D eigenvalue weighted by molar-refractivity contribution is 0.0686. The van der Waals surface area contributed by atoms with Gasteiger partial charge >= 0.3 is 6.09 Å². The molecule has 0 atom stereocenters. The Morgan fingerprint density at radius 1 is 1.08 bits per heavy atom. The normalized spacial score (nSPS) is 16.0. The largest absolute Gasteiger partial charge is 0.490 e. The highest BCUT2D eigenvalue weighted by Crippen LogP contribution is 2.27. The van der Waals surface area contributed by atoms with Crippen LogP contribution in [-0.4, -0.2) is 40.6 Å². The van der Waals surface area contributed by atoms with E-state index in [0.29, 0.717) is 13.1 Å². The molecule has 1 aliphatic heterocycles. The van der Waals surface area contributed by atoms with Crippen molar-refractivity contribution < 1.29 is 14.3 Å². The van der Waals surface area contributed by atoms with Crippen LogP contribution in [0.3, 0.4) is 0 Å². The smallest absolute Gasteiger partial charge is 0.409 e. The van der Waals surface area contributed by atoms with E-state index in [1.165, 1.54) is 5.39 Å². The van der Waals surface area contributed by atoms with E-state index in [1.807, 2.05) is 30.3 Å². The molecule has 0 radical (unpaired) electrons. The molecule has 0 aromatic heterocycles. The Morgan fingerprint density at radius 3 is 2.44 bits per heavy atom. The van der Waals surface area contributed by atoms with E-state index in [-0.39, 0.29) is 12.7 Å². The van der Waals surface area contributed by atoms with Crippen LogP contribution < -0.4 is 4.74 Å². The molecule has 1 saturated heterocycles. The van der Waals surface area contributed by atoms with Gasteiger partial charge in [0.15, 0.2) is 0 Å². The van der Waals surface area contributed by atoms with E-state index in [9.17, 15) is 4.79 Å². The van der Waals surface area contributed by atoms with Gasteiger partial charge in [-0.1, -0.05) is 65.1 Å². The summed E-state index contributed by atoms with van der Waals surface area (Å²) in [7, 11) is 0. The number of carbonyl (C=O) groups excluding carboxylic acids is 1. The molecule has 7 heteroatoms. The van der Waals surface area contributed by atoms with E-state index in [1.54, 1.807) is 4.90 Å². The Balaban J connectivity index is 1.51. The van der Waals surface area contributed by atoms with Crippen LogP contribution in [0.25, 0.3) is 10.8 Å². The first-order valence-electron chi connectivity index (χ1n) is 8.05. The highest BCUT2D eigenvalue weighted by molar-refractivity contribution is 6.67. The van der Waals surface area contributed by atoms with Crippen molar-refractivity contribution in [1.29, 1.82) is 0 Å². The fourth-order valence-corrected chi connectivity index (χ4v) is 2.99. The standard InChI is InChI=1S/C18H18Cl3NO3/c19-18(20,21)12-24-17(23)22-9-7-15(8-10-22)25-16-6-5-13-3-1-2-4-14(13)11-16/h1-6,11,15H,7-10,12H2. The Morgan fingerprint density at radius 2 is 1.76 bits per heavy atom. The highest BCUT2D eigenvalue weighted by Gasteiger charge is 2.28. The van der Waals surface area contributed by atoms with E-state index in [0.717, 1.165) is 24.0 Å². The number of fused-ring (bicyclic) bond motifs is 1. The molecule has 1 heterocycles. The molecule has 0 bridgehead atoms. The van der Waals surface area contributed by atoms with Gasteiger partial charge in [-0.05, 0) is 22.9 Å². The quantitative estimate of drug-likeness (QED) is 0.663. The Hall–Kier alpha value is -1.36. The van der Waals surface area contributed by atoms with Crippen LogP contribution in [0.15, 0.2) is 42.5 Å². The van der Waals surface area contributed by atoms with Crippen molar-refractivity contribution in [2.45, 2.75) is 22.7 Å². The molecular weight excluding hydrogens is 385 g/mol. The Kier molecular flexibility index (Phi) is 5.82. The number of benzene rings is 2. The van der Waals surface area contributed by atoms with Crippen molar-refractivity contribution in [3.05, 3.63) is 42.5 Å². The third kappa shape index (κ3) is 5.30. The van der Waals surface area contributed by atoms with Crippen LogP contribution in [0.4, 0.5) is 4.79 Å². The molecule has 25 heavy (non-hydrogen) atoms. The first kappa shape index (κ1) is 18.4. The van der Waals surface area contributed by atoms with Gasteiger partial charge in [0.2, 0.25) is 3.79 Å². The average molecular weight is 403 g/mol. The van der Waals surface area contributed by atoms with Crippen LogP contribution >= 0.6 is 34.8 Å². The molecule has 1 amide bonds. The SMILES string of the molecule is O=C(OCC(Cl)(Cl)Cl)N1CCC(Oc2ccc3ccccc3c2)CC1. The van der Waals surface area contributed by atoms with Gasteiger partial charge in [-0.15, -0.1) is 0 Å². The number of amides is 1. The van der Waals surface area contributed by atoms with Crippen LogP contribution in [-0.2, 0) is 4.74 Å². The molecule has 0 spiro atoms. The molecule has 1 fully saturated rings. The third-order valence-corrected chi connectivity index (χ3v) is 4.41. The maximum atomic E-state index is 11.9. The monoisotopic (exact) mass is 401 g/mol. The third-order valence-electron chi connectivity index (χ3n) is 4.08. The Labute approximate surface area is 161 Å². The molecule has 2 aromatic carbocycles. The van der Waals surface area contributed by atoms with Gasteiger partial charge in [-0.25, -0.2) is 4.79 Å². The first-order chi connectivity index (χ1) is 11.9. The second-order valence-corrected chi connectivity index (χ2v) is 8.50. The van der Waals surface area contributed by atoms with Gasteiger partial charge in [-0.3, -0.25) is 0 Å². The summed E-state index contributed by atoms with van der Waals surface area (Å²) >= 11 is 16.8. The summed E-state index contributed by atoms with van der Waals surface area (Å²) in [5, 5.41) is 2.33. The minimum Gasteiger partial charge on any atom is -0.490 e. The van der Waals surface area contributed by atoms with Gasteiger partial charge < -0.3 is 14.4 Å². The molecular formula is C18H18Cl3NO3. The van der Waals surface area contributed by atoms with Crippen LogP contribution in [0.2, 0.25) is 0 Å². The number of halogens is 3. The van der Waals surface area contributed by atoms with Crippen molar-refractivity contribution in [3.8, 4) is 5.75 Å². The number of alkyl halides is 3. The van der Waals surface area contributed by atoms with Crippen molar-refractivity contribution in [3.63, 3.8) is 0 Å². The van der Waals surface area contributed by atoms with Crippen molar-refractivity contribution in [2.24, 2.45) is 0 Å². The van der Waals surface area contributed by atoms with Gasteiger partial charge in [-0.2, -0.15) is 0 Å². The zero-order valence-electron chi connectivity index (χ0n) is 13.5. The second kappa shape index (κ2) is 7.90. The summed E-state index contributed by atoms with van der Waals surface area (Å²) in [5.41, 5.74) is 0. The number of likely N-dealkylation sites (tertiary alicyclic amines) is 1. The molecule has 4 nitrogen and oxygen atoms in total. The van der Waals surface area contributed by atoms with Crippen molar-refractivity contribution in [2.75, 3.05) is 19.7 Å². The summed E-state index contributed by atoms with van der Waals surface area (Å²) in [6.07, 6.45) is 1.07. The van der Waals surface area contributed by atoms with Crippen LogP contribution in [0.5, 0.6) is 5.75 Å². The van der Waals surface area contributed by atoms with Gasteiger partial charge in [0.25, 0.3) is 0 Å². The minimum absolute atomic E-state index is 0.0679. The minimum atomic E-state index is -1.59. The number of carbonyl (C=O) groups is 1. The number of ether oxygens (including phenoxy) is 2. The summed E-state index contributed by atoms with van der Waals surface area (Å²) in [4.78, 5) is 13.6. The van der Waals surface area contributed by atoms with E-state index >= 15 is 0 Å². The predicted octanol–water partition coefficient (Wildman–Crippen LogP) is 5.19. The summed E-state index contributed by atoms with van der Waals surface area (Å²) in [6, 6.07) is 14.2. The lowest BCUT2D eigenvalue weighted by Crippen LogP contribution is -2.42. The van der Waals surface area contributed by atoms with Crippen molar-refractivity contribution in [1.82, 2.24) is 4.90 Å². The van der Waals surface area contributed by atoms with E-state index in [4.69, 9.17) is 44.3 Å². The molecule has 0 saturated carbocycles. The van der Waals surface area contributed by atoms with Gasteiger partial charge in [0, 0.05) is 25.9 Å². The second-order valence-electron chi connectivity index (χ2n) is 5.98. The summed E-state index contributed by atoms with van der Waals surface area (Å²) in [6.45, 7) is 0.845. The molecule has 3 rings (SSSR count).